The van der Waals surface area contributed by atoms with Crippen LogP contribution in [0.25, 0.3) is 11.0 Å². The maximum Gasteiger partial charge on any atom is 0.254 e. The van der Waals surface area contributed by atoms with Gasteiger partial charge in [0, 0.05) is 44.0 Å². The molecule has 1 saturated heterocycles. The highest BCUT2D eigenvalue weighted by molar-refractivity contribution is 5.96. The number of H-pyrrole nitrogens is 1. The standard InChI is InChI=1S/C23H28N8O2/c1-5-25-20-19-16(11-24)12-26-21(19)29-23(28-20)27-17-7-6-15(10-18(17)33-4)22(32)31-9-8-30(3)13-14(31)2/h6-7,10,12,14H,5,8-9,13H2,1-4H3,(H3,25,26,27,28,29)/t14-/m1/s1. The Kier molecular flexibility index (Phi) is 6.33. The van der Waals surface area contributed by atoms with Crippen molar-refractivity contribution in [1.29, 1.82) is 5.26 Å². The zero-order chi connectivity index (χ0) is 23.5. The van der Waals surface area contributed by atoms with Crippen molar-refractivity contribution in [2.45, 2.75) is 19.9 Å². The fourth-order valence-electron chi connectivity index (χ4n) is 4.13. The molecule has 1 aliphatic rings. The van der Waals surface area contributed by atoms with Crippen LogP contribution in [0.5, 0.6) is 5.75 Å². The van der Waals surface area contributed by atoms with E-state index < -0.39 is 0 Å². The van der Waals surface area contributed by atoms with Gasteiger partial charge in [0.05, 0.1) is 23.7 Å². The zero-order valence-corrected chi connectivity index (χ0v) is 19.3. The fraction of sp³-hybridized carbons (Fsp3) is 0.391. The molecule has 1 amide bonds. The lowest BCUT2D eigenvalue weighted by Crippen LogP contribution is -2.52. The van der Waals surface area contributed by atoms with E-state index >= 15 is 0 Å². The van der Waals surface area contributed by atoms with Crippen LogP contribution < -0.4 is 15.4 Å². The molecule has 0 spiro atoms. The van der Waals surface area contributed by atoms with Crippen molar-refractivity contribution in [3.8, 4) is 11.8 Å². The summed E-state index contributed by atoms with van der Waals surface area (Å²) in [6, 6.07) is 7.61. The van der Waals surface area contributed by atoms with Crippen molar-refractivity contribution in [2.24, 2.45) is 0 Å². The van der Waals surface area contributed by atoms with Gasteiger partial charge < -0.3 is 30.2 Å². The van der Waals surface area contributed by atoms with Gasteiger partial charge in [-0.25, -0.2) is 0 Å². The third-order valence-electron chi connectivity index (χ3n) is 5.78. The highest BCUT2D eigenvalue weighted by atomic mass is 16.5. The smallest absolute Gasteiger partial charge is 0.254 e. The van der Waals surface area contributed by atoms with E-state index in [0.29, 0.717) is 58.5 Å². The molecule has 3 aromatic rings. The van der Waals surface area contributed by atoms with Crippen LogP contribution in [0.2, 0.25) is 0 Å². The van der Waals surface area contributed by atoms with Gasteiger partial charge in [-0.1, -0.05) is 0 Å². The number of aromatic amines is 1. The molecule has 3 N–H and O–H groups in total. The maximum atomic E-state index is 13.1. The third kappa shape index (κ3) is 4.40. The Morgan fingerprint density at radius 3 is 2.88 bits per heavy atom. The predicted molar refractivity (Wildman–Crippen MR) is 127 cm³/mol. The van der Waals surface area contributed by atoms with Crippen molar-refractivity contribution in [2.75, 3.05) is 51.0 Å². The molecule has 10 heteroatoms. The number of carbonyl (C=O) groups is 1. The molecule has 1 aliphatic heterocycles. The van der Waals surface area contributed by atoms with Crippen molar-refractivity contribution in [3.63, 3.8) is 0 Å². The number of anilines is 3. The number of nitrogens with one attached hydrogen (secondary N) is 3. The molecule has 10 nitrogen and oxygen atoms in total. The van der Waals surface area contributed by atoms with Crippen LogP contribution >= 0.6 is 0 Å². The Balaban J connectivity index is 1.62. The summed E-state index contributed by atoms with van der Waals surface area (Å²) in [4.78, 5) is 29.3. The molecule has 0 unspecified atom stereocenters. The number of benzene rings is 1. The van der Waals surface area contributed by atoms with E-state index in [1.807, 2.05) is 11.8 Å². The van der Waals surface area contributed by atoms with Gasteiger partial charge in [0.1, 0.15) is 23.3 Å². The molecule has 2 aromatic heterocycles. The number of fused-ring (bicyclic) bond motifs is 1. The summed E-state index contributed by atoms with van der Waals surface area (Å²) in [6.45, 7) is 7.07. The number of nitrogens with zero attached hydrogens (tertiary/aromatic N) is 5. The fourth-order valence-corrected chi connectivity index (χ4v) is 4.13. The summed E-state index contributed by atoms with van der Waals surface area (Å²) in [6.07, 6.45) is 1.62. The molecular weight excluding hydrogens is 420 g/mol. The lowest BCUT2D eigenvalue weighted by atomic mass is 10.1. The molecule has 0 radical (unpaired) electrons. The number of piperazine rings is 1. The summed E-state index contributed by atoms with van der Waals surface area (Å²) < 4.78 is 5.56. The van der Waals surface area contributed by atoms with E-state index in [4.69, 9.17) is 4.74 Å². The summed E-state index contributed by atoms with van der Waals surface area (Å²) >= 11 is 0. The third-order valence-corrected chi connectivity index (χ3v) is 5.78. The van der Waals surface area contributed by atoms with Crippen LogP contribution in [-0.4, -0.2) is 77.0 Å². The molecule has 172 valence electrons. The maximum absolute atomic E-state index is 13.1. The average Bonchev–Trinajstić information content (AvgIpc) is 3.22. The number of hydrogen-bond donors (Lipinski definition) is 3. The van der Waals surface area contributed by atoms with E-state index in [1.54, 1.807) is 31.5 Å². The minimum absolute atomic E-state index is 0.0111. The zero-order valence-electron chi connectivity index (χ0n) is 19.3. The molecule has 1 aromatic carbocycles. The van der Waals surface area contributed by atoms with Crippen LogP contribution in [0.4, 0.5) is 17.5 Å². The average molecular weight is 449 g/mol. The molecule has 0 saturated carbocycles. The highest BCUT2D eigenvalue weighted by Gasteiger charge is 2.27. The Bertz CT molecular complexity index is 1220. The van der Waals surface area contributed by atoms with Gasteiger partial charge in [0.25, 0.3) is 5.91 Å². The Hall–Kier alpha value is -3.84. The molecule has 0 aliphatic carbocycles. The van der Waals surface area contributed by atoms with E-state index in [1.165, 1.54) is 0 Å². The van der Waals surface area contributed by atoms with Gasteiger partial charge in [0.15, 0.2) is 0 Å². The largest absolute Gasteiger partial charge is 0.495 e. The molecule has 1 atom stereocenters. The second-order valence-corrected chi connectivity index (χ2v) is 8.11. The monoisotopic (exact) mass is 448 g/mol. The van der Waals surface area contributed by atoms with E-state index in [2.05, 4.69) is 50.5 Å². The van der Waals surface area contributed by atoms with E-state index in [-0.39, 0.29) is 11.9 Å². The van der Waals surface area contributed by atoms with Crippen LogP contribution in [0.15, 0.2) is 24.4 Å². The topological polar surface area (TPSA) is 122 Å². The molecule has 33 heavy (non-hydrogen) atoms. The number of methoxy groups -OCH3 is 1. The Morgan fingerprint density at radius 1 is 1.36 bits per heavy atom. The Morgan fingerprint density at radius 2 is 2.18 bits per heavy atom. The van der Waals surface area contributed by atoms with Crippen molar-refractivity contribution in [3.05, 3.63) is 35.5 Å². The normalized spacial score (nSPS) is 16.5. The molecule has 1 fully saturated rings. The van der Waals surface area contributed by atoms with Crippen molar-refractivity contribution < 1.29 is 9.53 Å². The highest BCUT2D eigenvalue weighted by Crippen LogP contribution is 2.31. The van der Waals surface area contributed by atoms with Crippen LogP contribution in [0, 0.1) is 11.3 Å². The molecular formula is C23H28N8O2. The first-order chi connectivity index (χ1) is 15.9. The van der Waals surface area contributed by atoms with Crippen molar-refractivity contribution >= 4 is 34.4 Å². The summed E-state index contributed by atoms with van der Waals surface area (Å²) in [5.41, 5.74) is 2.23. The number of ether oxygens (including phenoxy) is 1. The summed E-state index contributed by atoms with van der Waals surface area (Å²) in [5, 5.41) is 16.4. The first-order valence-corrected chi connectivity index (χ1v) is 10.9. The predicted octanol–water partition coefficient (Wildman–Crippen LogP) is 2.79. The number of hydrogen-bond acceptors (Lipinski definition) is 8. The summed E-state index contributed by atoms with van der Waals surface area (Å²) in [5.74, 6) is 1.41. The quantitative estimate of drug-likeness (QED) is 0.526. The minimum atomic E-state index is -0.0111. The first kappa shape index (κ1) is 22.4. The SMILES string of the molecule is CCNc1nc(Nc2ccc(C(=O)N3CCN(C)C[C@H]3C)cc2OC)nc2[nH]cc(C#N)c12. The minimum Gasteiger partial charge on any atom is -0.495 e. The number of carbonyl (C=O) groups excluding carboxylic acids is 1. The molecule has 3 heterocycles. The Labute approximate surface area is 192 Å². The summed E-state index contributed by atoms with van der Waals surface area (Å²) in [7, 11) is 3.63. The van der Waals surface area contributed by atoms with Crippen molar-refractivity contribution in [1.82, 2.24) is 24.8 Å². The van der Waals surface area contributed by atoms with Gasteiger partial charge >= 0.3 is 0 Å². The molecule has 0 bridgehead atoms. The van der Waals surface area contributed by atoms with Gasteiger partial charge in [-0.15, -0.1) is 0 Å². The number of nitriles is 1. The number of likely N-dealkylation sites (N-methyl/N-ethyl adjacent to an activating group) is 1. The van der Waals surface area contributed by atoms with Crippen LogP contribution in [-0.2, 0) is 0 Å². The lowest BCUT2D eigenvalue weighted by molar-refractivity contribution is 0.0533. The van der Waals surface area contributed by atoms with Gasteiger partial charge in [0.2, 0.25) is 5.95 Å². The van der Waals surface area contributed by atoms with E-state index in [0.717, 1.165) is 13.1 Å². The number of aromatic nitrogens is 3. The van der Waals surface area contributed by atoms with E-state index in [9.17, 15) is 10.1 Å². The van der Waals surface area contributed by atoms with Gasteiger partial charge in [-0.2, -0.15) is 15.2 Å². The second kappa shape index (κ2) is 9.34. The number of rotatable bonds is 6. The molecule has 4 rings (SSSR count). The van der Waals surface area contributed by atoms with Gasteiger partial charge in [-0.05, 0) is 39.1 Å². The van der Waals surface area contributed by atoms with Crippen LogP contribution in [0.1, 0.15) is 29.8 Å². The second-order valence-electron chi connectivity index (χ2n) is 8.11. The first-order valence-electron chi connectivity index (χ1n) is 10.9. The van der Waals surface area contributed by atoms with Gasteiger partial charge in [-0.3, -0.25) is 4.79 Å². The van der Waals surface area contributed by atoms with Crippen LogP contribution in [0.3, 0.4) is 0 Å². The lowest BCUT2D eigenvalue weighted by Gasteiger charge is -2.38. The number of amides is 1.